The topological polar surface area (TPSA) is 79.8 Å². The van der Waals surface area contributed by atoms with Crippen molar-refractivity contribution in [2.75, 3.05) is 13.1 Å². The number of nitrogens with zero attached hydrogens (tertiary/aromatic N) is 3. The Labute approximate surface area is 121 Å². The van der Waals surface area contributed by atoms with Crippen LogP contribution in [0.4, 0.5) is 0 Å². The third-order valence-electron chi connectivity index (χ3n) is 2.52. The fraction of sp³-hybridized carbons (Fsp3) is 0.385. The van der Waals surface area contributed by atoms with Gasteiger partial charge < -0.3 is 10.6 Å². The molecule has 0 atom stereocenters. The Morgan fingerprint density at radius 3 is 2.85 bits per heavy atom. The first kappa shape index (κ1) is 14.5. The van der Waals surface area contributed by atoms with Crippen LogP contribution in [-0.2, 0) is 11.3 Å². The molecular formula is C13H17N5OS. The molecule has 0 saturated carbocycles. The first-order valence-electron chi connectivity index (χ1n) is 6.42. The van der Waals surface area contributed by atoms with Gasteiger partial charge in [0.1, 0.15) is 0 Å². The first-order chi connectivity index (χ1) is 9.75. The monoisotopic (exact) mass is 291 g/mol. The largest absolute Gasteiger partial charge is 0.356 e. The van der Waals surface area contributed by atoms with E-state index in [4.69, 9.17) is 0 Å². The van der Waals surface area contributed by atoms with Gasteiger partial charge in [0.05, 0.1) is 5.69 Å². The van der Waals surface area contributed by atoms with Crippen molar-refractivity contribution in [1.29, 1.82) is 0 Å². The number of carbonyl (C=O) groups excluding carboxylic acids is 1. The van der Waals surface area contributed by atoms with Crippen LogP contribution in [0.15, 0.2) is 23.8 Å². The summed E-state index contributed by atoms with van der Waals surface area (Å²) >= 11 is 1.54. The molecule has 0 aromatic carbocycles. The van der Waals surface area contributed by atoms with Gasteiger partial charge in [-0.15, -0.1) is 11.3 Å². The Balaban J connectivity index is 1.72. The lowest BCUT2D eigenvalue weighted by molar-refractivity contribution is -0.118. The number of thiazole rings is 1. The molecule has 2 aromatic heterocycles. The molecule has 2 heterocycles. The second kappa shape index (κ2) is 7.66. The van der Waals surface area contributed by atoms with E-state index >= 15 is 0 Å². The fourth-order valence-electron chi connectivity index (χ4n) is 1.59. The smallest absolute Gasteiger partial charge is 0.216 e. The van der Waals surface area contributed by atoms with Crippen LogP contribution in [0, 0.1) is 0 Å². The molecule has 0 aliphatic rings. The summed E-state index contributed by atoms with van der Waals surface area (Å²) in [6.07, 6.45) is 4.33. The van der Waals surface area contributed by atoms with Crippen LogP contribution >= 0.6 is 11.3 Å². The maximum absolute atomic E-state index is 10.7. The molecule has 0 spiro atoms. The first-order valence-corrected chi connectivity index (χ1v) is 7.30. The van der Waals surface area contributed by atoms with Crippen LogP contribution in [0.5, 0.6) is 0 Å². The van der Waals surface area contributed by atoms with Crippen molar-refractivity contribution in [3.8, 4) is 10.8 Å². The van der Waals surface area contributed by atoms with Crippen molar-refractivity contribution in [3.05, 3.63) is 29.5 Å². The molecule has 6 nitrogen and oxygen atoms in total. The summed E-state index contributed by atoms with van der Waals surface area (Å²) in [7, 11) is 0. The second-order valence-corrected chi connectivity index (χ2v) is 5.09. The summed E-state index contributed by atoms with van der Waals surface area (Å²) in [5, 5.41) is 8.89. The average Bonchev–Trinajstić information content (AvgIpc) is 2.92. The SMILES string of the molecule is CC(=O)NCCCNCc1csc(-c2ncccn2)n1. The lowest BCUT2D eigenvalue weighted by atomic mass is 10.4. The number of aromatic nitrogens is 3. The highest BCUT2D eigenvalue weighted by atomic mass is 32.1. The summed E-state index contributed by atoms with van der Waals surface area (Å²) in [4.78, 5) is 23.5. The lowest BCUT2D eigenvalue weighted by Crippen LogP contribution is -2.25. The summed E-state index contributed by atoms with van der Waals surface area (Å²) in [6.45, 7) is 3.77. The zero-order chi connectivity index (χ0) is 14.2. The predicted octanol–water partition coefficient (Wildman–Crippen LogP) is 1.22. The summed E-state index contributed by atoms with van der Waals surface area (Å²) in [6, 6.07) is 1.79. The Morgan fingerprint density at radius 1 is 1.30 bits per heavy atom. The number of nitrogens with one attached hydrogen (secondary N) is 2. The molecule has 0 aliphatic heterocycles. The minimum absolute atomic E-state index is 0.0111. The lowest BCUT2D eigenvalue weighted by Gasteiger charge is -2.03. The van der Waals surface area contributed by atoms with Crippen molar-refractivity contribution in [2.45, 2.75) is 19.9 Å². The minimum atomic E-state index is 0.0111. The Kier molecular flexibility index (Phi) is 5.57. The van der Waals surface area contributed by atoms with Gasteiger partial charge in [-0.1, -0.05) is 0 Å². The molecule has 0 saturated heterocycles. The molecule has 1 amide bonds. The number of carbonyl (C=O) groups is 1. The molecule has 2 aromatic rings. The van der Waals surface area contributed by atoms with Crippen molar-refractivity contribution < 1.29 is 4.79 Å². The Morgan fingerprint density at radius 2 is 2.10 bits per heavy atom. The van der Waals surface area contributed by atoms with E-state index in [1.54, 1.807) is 29.8 Å². The highest BCUT2D eigenvalue weighted by molar-refractivity contribution is 7.13. The van der Waals surface area contributed by atoms with E-state index in [0.717, 1.165) is 23.7 Å². The summed E-state index contributed by atoms with van der Waals surface area (Å²) < 4.78 is 0. The van der Waals surface area contributed by atoms with Crippen LogP contribution in [0.3, 0.4) is 0 Å². The standard InChI is InChI=1S/C13H17N5OS/c1-10(19)15-5-2-4-14-8-11-9-20-13(18-11)12-16-6-3-7-17-12/h3,6-7,9,14H,2,4-5,8H2,1H3,(H,15,19). The van der Waals surface area contributed by atoms with Crippen molar-refractivity contribution in [3.63, 3.8) is 0 Å². The third-order valence-corrected chi connectivity index (χ3v) is 3.41. The van der Waals surface area contributed by atoms with Crippen LogP contribution in [-0.4, -0.2) is 33.9 Å². The molecule has 0 fully saturated rings. The van der Waals surface area contributed by atoms with E-state index in [0.29, 0.717) is 18.9 Å². The van der Waals surface area contributed by atoms with Gasteiger partial charge in [-0.3, -0.25) is 4.79 Å². The average molecular weight is 291 g/mol. The number of rotatable bonds is 7. The maximum Gasteiger partial charge on any atom is 0.216 e. The normalized spacial score (nSPS) is 10.4. The zero-order valence-electron chi connectivity index (χ0n) is 11.3. The summed E-state index contributed by atoms with van der Waals surface area (Å²) in [5.74, 6) is 0.673. The van der Waals surface area contributed by atoms with Gasteiger partial charge in [0, 0.05) is 37.8 Å². The van der Waals surface area contributed by atoms with Crippen LogP contribution < -0.4 is 10.6 Å². The van der Waals surface area contributed by atoms with Gasteiger partial charge in [0.25, 0.3) is 0 Å². The zero-order valence-corrected chi connectivity index (χ0v) is 12.1. The van der Waals surface area contributed by atoms with Crippen LogP contribution in [0.1, 0.15) is 19.0 Å². The van der Waals surface area contributed by atoms with Gasteiger partial charge in [-0.05, 0) is 19.0 Å². The quantitative estimate of drug-likeness (QED) is 0.750. The third kappa shape index (κ3) is 4.67. The van der Waals surface area contributed by atoms with E-state index in [1.165, 1.54) is 6.92 Å². The van der Waals surface area contributed by atoms with Crippen molar-refractivity contribution in [1.82, 2.24) is 25.6 Å². The Bertz CT molecular complexity index is 543. The fourth-order valence-corrected chi connectivity index (χ4v) is 2.36. The van der Waals surface area contributed by atoms with E-state index in [2.05, 4.69) is 25.6 Å². The molecule has 0 unspecified atom stereocenters. The van der Waals surface area contributed by atoms with Gasteiger partial charge in [0.2, 0.25) is 5.91 Å². The van der Waals surface area contributed by atoms with Gasteiger partial charge >= 0.3 is 0 Å². The number of hydrogen-bond donors (Lipinski definition) is 2. The highest BCUT2D eigenvalue weighted by Gasteiger charge is 2.06. The molecule has 2 rings (SSSR count). The van der Waals surface area contributed by atoms with Crippen LogP contribution in [0.25, 0.3) is 10.8 Å². The highest BCUT2D eigenvalue weighted by Crippen LogP contribution is 2.19. The predicted molar refractivity (Wildman–Crippen MR) is 78.1 cm³/mol. The molecule has 0 aliphatic carbocycles. The molecule has 0 radical (unpaired) electrons. The minimum Gasteiger partial charge on any atom is -0.356 e. The maximum atomic E-state index is 10.7. The van der Waals surface area contributed by atoms with E-state index in [1.807, 2.05) is 5.38 Å². The van der Waals surface area contributed by atoms with Crippen molar-refractivity contribution >= 4 is 17.2 Å². The van der Waals surface area contributed by atoms with E-state index in [9.17, 15) is 4.79 Å². The van der Waals surface area contributed by atoms with Crippen LogP contribution in [0.2, 0.25) is 0 Å². The number of amides is 1. The molecule has 2 N–H and O–H groups in total. The molecule has 0 bridgehead atoms. The second-order valence-electron chi connectivity index (χ2n) is 4.23. The van der Waals surface area contributed by atoms with Crippen molar-refractivity contribution in [2.24, 2.45) is 0 Å². The number of hydrogen-bond acceptors (Lipinski definition) is 6. The van der Waals surface area contributed by atoms with E-state index < -0.39 is 0 Å². The molecule has 7 heteroatoms. The van der Waals surface area contributed by atoms with E-state index in [-0.39, 0.29) is 5.91 Å². The van der Waals surface area contributed by atoms with Gasteiger partial charge in [-0.2, -0.15) is 0 Å². The Hall–Kier alpha value is -1.86. The summed E-state index contributed by atoms with van der Waals surface area (Å²) in [5.41, 5.74) is 0.983. The van der Waals surface area contributed by atoms with Gasteiger partial charge in [-0.25, -0.2) is 15.0 Å². The molecule has 20 heavy (non-hydrogen) atoms. The molecule has 106 valence electrons. The van der Waals surface area contributed by atoms with Gasteiger partial charge in [0.15, 0.2) is 10.8 Å². The molecular weight excluding hydrogens is 274 g/mol.